The summed E-state index contributed by atoms with van der Waals surface area (Å²) >= 11 is 0. The highest BCUT2D eigenvalue weighted by Crippen LogP contribution is 2.50. The molecule has 0 saturated heterocycles. The summed E-state index contributed by atoms with van der Waals surface area (Å²) in [6.07, 6.45) is 11.3. The molecule has 0 aliphatic rings. The SMILES string of the molecule is CC(C)=CCC/C(C)=C\COC/C(C)=C/CC/C(C)=C/COP(=O)([O-])OP(=O)([O-])[O-]. The Bertz CT molecular complexity index is 727. The van der Waals surface area contributed by atoms with Crippen molar-refractivity contribution in [2.45, 2.75) is 60.3 Å². The van der Waals surface area contributed by atoms with E-state index in [1.54, 1.807) is 6.92 Å². The summed E-state index contributed by atoms with van der Waals surface area (Å²) in [5.41, 5.74) is 4.57. The van der Waals surface area contributed by atoms with Gasteiger partial charge < -0.3 is 28.5 Å². The van der Waals surface area contributed by atoms with Crippen molar-refractivity contribution in [3.05, 3.63) is 46.6 Å². The molecule has 0 aliphatic heterocycles. The Balaban J connectivity index is 4.13. The lowest BCUT2D eigenvalue weighted by Crippen LogP contribution is -2.19. The van der Waals surface area contributed by atoms with Crippen LogP contribution in [0.25, 0.3) is 0 Å². The van der Waals surface area contributed by atoms with Crippen molar-refractivity contribution in [2.24, 2.45) is 0 Å². The average Bonchev–Trinajstić information content (AvgIpc) is 2.56. The van der Waals surface area contributed by atoms with Crippen LogP contribution in [0.4, 0.5) is 0 Å². The fraction of sp³-hybridized carbons (Fsp3) is 0.600. The van der Waals surface area contributed by atoms with Gasteiger partial charge in [-0.05, 0) is 60.3 Å². The van der Waals surface area contributed by atoms with Crippen LogP contribution in [0.2, 0.25) is 0 Å². The monoisotopic (exact) mass is 463 g/mol. The molecule has 0 rings (SSSR count). The molecule has 30 heavy (non-hydrogen) atoms. The zero-order chi connectivity index (χ0) is 23.2. The van der Waals surface area contributed by atoms with Gasteiger partial charge in [-0.1, -0.05) is 46.6 Å². The van der Waals surface area contributed by atoms with Crippen LogP contribution in [-0.2, 0) is 22.7 Å². The molecule has 0 aromatic carbocycles. The summed E-state index contributed by atoms with van der Waals surface area (Å²) < 4.78 is 34.8. The van der Waals surface area contributed by atoms with Gasteiger partial charge >= 0.3 is 0 Å². The molecular formula is C20H33O8P2-3. The van der Waals surface area contributed by atoms with E-state index in [9.17, 15) is 23.8 Å². The number of rotatable bonds is 15. The zero-order valence-electron chi connectivity index (χ0n) is 18.4. The number of hydrogen-bond donors (Lipinski definition) is 0. The maximum absolute atomic E-state index is 11.1. The second-order valence-corrected chi connectivity index (χ2v) is 10.00. The lowest BCUT2D eigenvalue weighted by molar-refractivity contribution is -0.339. The number of phosphoric acid groups is 2. The van der Waals surface area contributed by atoms with Crippen molar-refractivity contribution in [3.63, 3.8) is 0 Å². The lowest BCUT2D eigenvalue weighted by Gasteiger charge is -2.34. The molecule has 0 N–H and O–H groups in total. The minimum absolute atomic E-state index is 0.405. The molecule has 0 aliphatic carbocycles. The van der Waals surface area contributed by atoms with Crippen LogP contribution in [0.3, 0.4) is 0 Å². The van der Waals surface area contributed by atoms with Crippen LogP contribution < -0.4 is 14.7 Å². The van der Waals surface area contributed by atoms with E-state index in [-0.39, 0.29) is 0 Å². The molecule has 1 unspecified atom stereocenters. The normalized spacial score (nSPS) is 15.8. The van der Waals surface area contributed by atoms with Crippen molar-refractivity contribution in [1.29, 1.82) is 0 Å². The molecule has 0 radical (unpaired) electrons. The highest BCUT2D eigenvalue weighted by atomic mass is 31.3. The Morgan fingerprint density at radius 2 is 1.30 bits per heavy atom. The molecule has 0 bridgehead atoms. The van der Waals surface area contributed by atoms with Crippen molar-refractivity contribution >= 4 is 15.6 Å². The van der Waals surface area contributed by atoms with Crippen LogP contribution in [0, 0.1) is 0 Å². The first kappa shape index (κ1) is 29.2. The third kappa shape index (κ3) is 19.2. The van der Waals surface area contributed by atoms with Gasteiger partial charge in [0.15, 0.2) is 0 Å². The second kappa shape index (κ2) is 15.1. The molecule has 1 atom stereocenters. The first-order valence-corrected chi connectivity index (χ1v) is 12.6. The Kier molecular flexibility index (Phi) is 14.6. The smallest absolute Gasteiger partial charge is 0.272 e. The molecule has 0 heterocycles. The summed E-state index contributed by atoms with van der Waals surface area (Å²) in [5.74, 6) is 0. The Labute approximate surface area is 180 Å². The number of allylic oxidation sites excluding steroid dienone is 5. The molecule has 174 valence electrons. The largest absolute Gasteiger partial charge is 0.790 e. The van der Waals surface area contributed by atoms with Gasteiger partial charge in [-0.2, -0.15) is 0 Å². The predicted octanol–water partition coefficient (Wildman–Crippen LogP) is 3.70. The summed E-state index contributed by atoms with van der Waals surface area (Å²) in [7, 11) is -10.8. The Morgan fingerprint density at radius 3 is 1.83 bits per heavy atom. The Morgan fingerprint density at radius 1 is 0.767 bits per heavy atom. The quantitative estimate of drug-likeness (QED) is 0.204. The first-order valence-electron chi connectivity index (χ1n) is 9.67. The van der Waals surface area contributed by atoms with Gasteiger partial charge in [0.25, 0.3) is 7.82 Å². The van der Waals surface area contributed by atoms with Crippen LogP contribution in [0.1, 0.15) is 60.3 Å². The van der Waals surface area contributed by atoms with Crippen LogP contribution in [-0.4, -0.2) is 19.8 Å². The van der Waals surface area contributed by atoms with Crippen LogP contribution in [0.5, 0.6) is 0 Å². The highest BCUT2D eigenvalue weighted by molar-refractivity contribution is 7.58. The molecular weight excluding hydrogens is 430 g/mol. The third-order valence-electron chi connectivity index (χ3n) is 3.87. The molecule has 0 spiro atoms. The van der Waals surface area contributed by atoms with Gasteiger partial charge in [-0.3, -0.25) is 8.88 Å². The van der Waals surface area contributed by atoms with Gasteiger partial charge in [-0.15, -0.1) is 0 Å². The number of phosphoric ester groups is 1. The topological polar surface area (TPSA) is 131 Å². The molecule has 10 heteroatoms. The van der Waals surface area contributed by atoms with Crippen molar-refractivity contribution in [2.75, 3.05) is 19.8 Å². The predicted molar refractivity (Wildman–Crippen MR) is 112 cm³/mol. The van der Waals surface area contributed by atoms with E-state index in [0.29, 0.717) is 19.6 Å². The second-order valence-electron chi connectivity index (χ2n) is 7.30. The van der Waals surface area contributed by atoms with E-state index in [4.69, 9.17) is 4.74 Å². The maximum Gasteiger partial charge on any atom is 0.272 e. The summed E-state index contributed by atoms with van der Waals surface area (Å²) in [6, 6.07) is 0. The highest BCUT2D eigenvalue weighted by Gasteiger charge is 2.10. The fourth-order valence-electron chi connectivity index (χ4n) is 2.24. The van der Waals surface area contributed by atoms with Gasteiger partial charge in [0.2, 0.25) is 0 Å². The maximum atomic E-state index is 11.1. The number of ether oxygens (including phenoxy) is 1. The van der Waals surface area contributed by atoms with E-state index in [2.05, 4.69) is 41.8 Å². The molecule has 0 aromatic heterocycles. The van der Waals surface area contributed by atoms with Gasteiger partial charge in [0.05, 0.1) is 27.6 Å². The average molecular weight is 463 g/mol. The van der Waals surface area contributed by atoms with E-state index in [1.807, 2.05) is 13.0 Å². The third-order valence-corrected chi connectivity index (χ3v) is 5.93. The summed E-state index contributed by atoms with van der Waals surface area (Å²) in [4.78, 5) is 31.7. The molecule has 0 amide bonds. The number of hydrogen-bond acceptors (Lipinski definition) is 8. The minimum atomic E-state index is -5.65. The van der Waals surface area contributed by atoms with Crippen LogP contribution >= 0.6 is 15.6 Å². The molecule has 8 nitrogen and oxygen atoms in total. The summed E-state index contributed by atoms with van der Waals surface area (Å²) in [5, 5.41) is 0. The van der Waals surface area contributed by atoms with Crippen molar-refractivity contribution in [3.8, 4) is 0 Å². The minimum Gasteiger partial charge on any atom is -0.790 e. The van der Waals surface area contributed by atoms with E-state index in [1.165, 1.54) is 17.2 Å². The Hall–Kier alpha value is -0.820. The van der Waals surface area contributed by atoms with Crippen molar-refractivity contribution in [1.82, 2.24) is 0 Å². The fourth-order valence-corrected chi connectivity index (χ4v) is 3.66. The van der Waals surface area contributed by atoms with E-state index >= 15 is 0 Å². The van der Waals surface area contributed by atoms with Crippen LogP contribution in [0.15, 0.2) is 46.6 Å². The molecule has 0 fully saturated rings. The molecule has 0 aromatic rings. The summed E-state index contributed by atoms with van der Waals surface area (Å²) in [6.45, 7) is 10.7. The van der Waals surface area contributed by atoms with Gasteiger partial charge in [0, 0.05) is 0 Å². The van der Waals surface area contributed by atoms with Gasteiger partial charge in [-0.25, -0.2) is 0 Å². The zero-order valence-corrected chi connectivity index (χ0v) is 20.2. The first-order chi connectivity index (χ1) is 13.8. The lowest BCUT2D eigenvalue weighted by atomic mass is 10.1. The van der Waals surface area contributed by atoms with E-state index in [0.717, 1.165) is 30.4 Å². The van der Waals surface area contributed by atoms with Crippen molar-refractivity contribution < 1.29 is 37.4 Å². The standard InChI is InChI=1S/C20H36O8P2/c1-17(2)8-6-9-18(3)12-14-26-16-20(5)11-7-10-19(4)13-15-27-30(24,25)28-29(21,22)23/h8,11-13H,6-7,9-10,14-16H2,1-5H3,(H,24,25)(H2,21,22,23)/p-3/b18-12-,19-13+,20-11+. The van der Waals surface area contributed by atoms with Gasteiger partial charge in [0.1, 0.15) is 0 Å². The van der Waals surface area contributed by atoms with E-state index < -0.39 is 22.3 Å². The molecule has 0 saturated carbocycles.